The third kappa shape index (κ3) is 3.24. The highest BCUT2D eigenvalue weighted by molar-refractivity contribution is 5.95. The fourth-order valence-electron chi connectivity index (χ4n) is 3.91. The minimum Gasteiger partial charge on any atom is -0.493 e. The predicted molar refractivity (Wildman–Crippen MR) is 112 cm³/mol. The molecule has 6 nitrogen and oxygen atoms in total. The lowest BCUT2D eigenvalue weighted by Crippen LogP contribution is -2.25. The van der Waals surface area contributed by atoms with E-state index in [0.29, 0.717) is 30.3 Å². The summed E-state index contributed by atoms with van der Waals surface area (Å²) in [6, 6.07) is 11.9. The minimum absolute atomic E-state index is 0.0418. The number of ether oxygens (including phenoxy) is 2. The Morgan fingerprint density at radius 3 is 2.72 bits per heavy atom. The summed E-state index contributed by atoms with van der Waals surface area (Å²) in [4.78, 5) is 12.6. The molecule has 0 aliphatic carbocycles. The molecule has 1 N–H and O–H groups in total. The maximum absolute atomic E-state index is 12.6. The number of nitrogens with one attached hydrogen (secondary N) is 1. The van der Waals surface area contributed by atoms with E-state index in [9.17, 15) is 4.79 Å². The van der Waals surface area contributed by atoms with Crippen LogP contribution in [0.3, 0.4) is 0 Å². The van der Waals surface area contributed by atoms with E-state index in [2.05, 4.69) is 30.3 Å². The van der Waals surface area contributed by atoms with Crippen molar-refractivity contribution in [1.29, 1.82) is 0 Å². The molecule has 6 heteroatoms. The number of amides is 1. The average molecular weight is 391 g/mol. The summed E-state index contributed by atoms with van der Waals surface area (Å²) in [7, 11) is 1.62. The highest BCUT2D eigenvalue weighted by Gasteiger charge is 2.33. The highest BCUT2D eigenvalue weighted by atomic mass is 16.5. The number of hydrogen-bond donors (Lipinski definition) is 1. The van der Waals surface area contributed by atoms with Gasteiger partial charge in [0.2, 0.25) is 5.91 Å². The maximum Gasteiger partial charge on any atom is 0.226 e. The zero-order valence-electron chi connectivity index (χ0n) is 17.2. The van der Waals surface area contributed by atoms with Crippen LogP contribution < -0.4 is 14.8 Å². The lowest BCUT2D eigenvalue weighted by Gasteiger charge is -2.26. The van der Waals surface area contributed by atoms with Gasteiger partial charge in [0.25, 0.3) is 0 Å². The number of nitrogens with zero attached hydrogens (tertiary/aromatic N) is 2. The van der Waals surface area contributed by atoms with Crippen molar-refractivity contribution >= 4 is 11.7 Å². The van der Waals surface area contributed by atoms with Crippen LogP contribution in [0.5, 0.6) is 11.5 Å². The Labute approximate surface area is 170 Å². The molecule has 0 saturated carbocycles. The number of methoxy groups -OCH3 is 1. The number of fused-ring (bicyclic) bond motifs is 1. The number of hydrogen-bond acceptors (Lipinski definition) is 4. The number of anilines is 1. The van der Waals surface area contributed by atoms with Crippen LogP contribution in [0.25, 0.3) is 5.69 Å². The van der Waals surface area contributed by atoms with Gasteiger partial charge in [0.15, 0.2) is 11.5 Å². The van der Waals surface area contributed by atoms with Crippen molar-refractivity contribution in [2.45, 2.75) is 33.1 Å². The van der Waals surface area contributed by atoms with Gasteiger partial charge in [-0.2, -0.15) is 5.10 Å². The molecule has 0 radical (unpaired) electrons. The second-order valence-electron chi connectivity index (χ2n) is 7.20. The average Bonchev–Trinajstić information content (AvgIpc) is 3.13. The van der Waals surface area contributed by atoms with Gasteiger partial charge in [0, 0.05) is 23.5 Å². The SMILES string of the molecule is CCOc1c(OC)cccc1C1CC(=O)Nc2c1cnn2-c1cccc(C)c1C. The summed E-state index contributed by atoms with van der Waals surface area (Å²) in [5.74, 6) is 1.86. The summed E-state index contributed by atoms with van der Waals surface area (Å²) in [6.45, 7) is 6.59. The van der Waals surface area contributed by atoms with E-state index in [-0.39, 0.29) is 11.8 Å². The van der Waals surface area contributed by atoms with Crippen LogP contribution in [0.2, 0.25) is 0 Å². The second kappa shape index (κ2) is 7.62. The molecule has 2 heterocycles. The number of rotatable bonds is 5. The molecule has 3 aromatic rings. The smallest absolute Gasteiger partial charge is 0.226 e. The Morgan fingerprint density at radius 1 is 1.17 bits per heavy atom. The zero-order valence-corrected chi connectivity index (χ0v) is 17.2. The molecule has 0 spiro atoms. The molecule has 4 rings (SSSR count). The number of aryl methyl sites for hydroxylation is 1. The van der Waals surface area contributed by atoms with Gasteiger partial charge in [-0.15, -0.1) is 0 Å². The Morgan fingerprint density at radius 2 is 1.97 bits per heavy atom. The first-order chi connectivity index (χ1) is 14.0. The van der Waals surface area contributed by atoms with Gasteiger partial charge in [0.1, 0.15) is 5.82 Å². The quantitative estimate of drug-likeness (QED) is 0.701. The van der Waals surface area contributed by atoms with Crippen molar-refractivity contribution in [2.24, 2.45) is 0 Å². The highest BCUT2D eigenvalue weighted by Crippen LogP contribution is 2.44. The maximum atomic E-state index is 12.6. The molecule has 1 unspecified atom stereocenters. The summed E-state index contributed by atoms with van der Waals surface area (Å²) in [5.41, 5.74) is 5.17. The van der Waals surface area contributed by atoms with Gasteiger partial charge < -0.3 is 14.8 Å². The molecule has 2 aromatic carbocycles. The van der Waals surface area contributed by atoms with E-state index < -0.39 is 0 Å². The number of para-hydroxylation sites is 1. The largest absolute Gasteiger partial charge is 0.493 e. The molecule has 1 atom stereocenters. The van der Waals surface area contributed by atoms with Crippen LogP contribution in [0, 0.1) is 13.8 Å². The summed E-state index contributed by atoms with van der Waals surface area (Å²) >= 11 is 0. The molecule has 0 saturated heterocycles. The van der Waals surface area contributed by atoms with Crippen molar-refractivity contribution < 1.29 is 14.3 Å². The Kier molecular flexibility index (Phi) is 5.01. The molecule has 150 valence electrons. The van der Waals surface area contributed by atoms with Crippen LogP contribution in [-0.2, 0) is 4.79 Å². The van der Waals surface area contributed by atoms with Crippen LogP contribution in [-0.4, -0.2) is 29.4 Å². The van der Waals surface area contributed by atoms with Gasteiger partial charge in [-0.05, 0) is 44.0 Å². The molecule has 0 bridgehead atoms. The number of benzene rings is 2. The monoisotopic (exact) mass is 391 g/mol. The fourth-order valence-corrected chi connectivity index (χ4v) is 3.91. The standard InChI is InChI=1S/C23H25N3O3/c1-5-29-22-16(9-7-11-20(22)28-4)17-12-21(27)25-23-18(17)13-24-26(23)19-10-6-8-14(2)15(19)3/h6-11,13,17H,5,12H2,1-4H3,(H,25,27). The number of aromatic nitrogens is 2. The molecule has 0 fully saturated rings. The van der Waals surface area contributed by atoms with E-state index in [4.69, 9.17) is 9.47 Å². The lowest BCUT2D eigenvalue weighted by atomic mass is 9.86. The first-order valence-electron chi connectivity index (χ1n) is 9.79. The second-order valence-corrected chi connectivity index (χ2v) is 7.20. The van der Waals surface area contributed by atoms with E-state index in [1.807, 2.05) is 48.1 Å². The van der Waals surface area contributed by atoms with Gasteiger partial charge in [0.05, 0.1) is 25.6 Å². The number of carbonyl (C=O) groups excluding carboxylic acids is 1. The summed E-state index contributed by atoms with van der Waals surface area (Å²) in [6.07, 6.45) is 2.18. The zero-order chi connectivity index (χ0) is 20.5. The Balaban J connectivity index is 1.87. The fraction of sp³-hybridized carbons (Fsp3) is 0.304. The molecule has 1 aliphatic rings. The topological polar surface area (TPSA) is 65.4 Å². The van der Waals surface area contributed by atoms with Crippen molar-refractivity contribution in [3.8, 4) is 17.2 Å². The van der Waals surface area contributed by atoms with Gasteiger partial charge >= 0.3 is 0 Å². The van der Waals surface area contributed by atoms with Crippen LogP contribution in [0.15, 0.2) is 42.6 Å². The van der Waals surface area contributed by atoms with Crippen LogP contribution >= 0.6 is 0 Å². The molecule has 1 amide bonds. The third-order valence-corrected chi connectivity index (χ3v) is 5.52. The van der Waals surface area contributed by atoms with Gasteiger partial charge in [-0.3, -0.25) is 4.79 Å². The molecular weight excluding hydrogens is 366 g/mol. The molecule has 1 aromatic heterocycles. The normalized spacial score (nSPS) is 15.6. The molecular formula is C23H25N3O3. The van der Waals surface area contributed by atoms with Gasteiger partial charge in [-0.1, -0.05) is 24.3 Å². The summed E-state index contributed by atoms with van der Waals surface area (Å²) < 4.78 is 13.2. The van der Waals surface area contributed by atoms with Crippen molar-refractivity contribution in [2.75, 3.05) is 19.0 Å². The molecule has 1 aliphatic heterocycles. The minimum atomic E-state index is -0.158. The van der Waals surface area contributed by atoms with E-state index in [0.717, 1.165) is 22.4 Å². The predicted octanol–water partition coefficient (Wildman–Crippen LogP) is 4.37. The first kappa shape index (κ1) is 19.1. The van der Waals surface area contributed by atoms with Crippen molar-refractivity contribution in [1.82, 2.24) is 9.78 Å². The van der Waals surface area contributed by atoms with Crippen molar-refractivity contribution in [3.05, 3.63) is 64.8 Å². The first-order valence-corrected chi connectivity index (χ1v) is 9.79. The summed E-state index contributed by atoms with van der Waals surface area (Å²) in [5, 5.41) is 7.65. The Hall–Kier alpha value is -3.28. The molecule has 29 heavy (non-hydrogen) atoms. The van der Waals surface area contributed by atoms with E-state index in [1.165, 1.54) is 5.56 Å². The van der Waals surface area contributed by atoms with Crippen LogP contribution in [0.4, 0.5) is 5.82 Å². The third-order valence-electron chi connectivity index (χ3n) is 5.52. The Bertz CT molecular complexity index is 1070. The number of carbonyl (C=O) groups is 1. The van der Waals surface area contributed by atoms with E-state index >= 15 is 0 Å². The lowest BCUT2D eigenvalue weighted by molar-refractivity contribution is -0.116. The van der Waals surface area contributed by atoms with Crippen LogP contribution in [0.1, 0.15) is 41.5 Å². The van der Waals surface area contributed by atoms with Gasteiger partial charge in [-0.25, -0.2) is 4.68 Å². The van der Waals surface area contributed by atoms with E-state index in [1.54, 1.807) is 7.11 Å². The van der Waals surface area contributed by atoms with Crippen molar-refractivity contribution in [3.63, 3.8) is 0 Å².